The molecule has 0 aromatic heterocycles. The van der Waals surface area contributed by atoms with E-state index in [1.165, 1.54) is 5.56 Å². The fraction of sp³-hybridized carbons (Fsp3) is 0.680. The molecule has 33 heavy (non-hydrogen) atoms. The summed E-state index contributed by atoms with van der Waals surface area (Å²) in [4.78, 5) is 23.2. The Labute approximate surface area is 196 Å². The SMILES string of the molecule is CP[C@H](O)CC[C@@H]1[C@H]2Cc3cccc(OCC(=O)OC4(CCC(=O)O)CC4)c3C[C@H]2C[C@H]1O. The lowest BCUT2D eigenvalue weighted by molar-refractivity contribution is -0.155. The minimum Gasteiger partial charge on any atom is -0.482 e. The van der Waals surface area contributed by atoms with Gasteiger partial charge in [-0.25, -0.2) is 4.79 Å². The highest BCUT2D eigenvalue weighted by atomic mass is 31.1. The van der Waals surface area contributed by atoms with Crippen LogP contribution in [0.15, 0.2) is 18.2 Å². The normalized spacial score (nSPS) is 28.2. The van der Waals surface area contributed by atoms with E-state index in [0.29, 0.717) is 45.4 Å². The first kappa shape index (κ1) is 24.4. The van der Waals surface area contributed by atoms with Gasteiger partial charge in [-0.1, -0.05) is 20.7 Å². The van der Waals surface area contributed by atoms with E-state index in [2.05, 4.69) is 6.07 Å². The van der Waals surface area contributed by atoms with Gasteiger partial charge in [0.15, 0.2) is 6.61 Å². The highest BCUT2D eigenvalue weighted by molar-refractivity contribution is 7.37. The Kier molecular flexibility index (Phi) is 7.62. The molecule has 6 atom stereocenters. The van der Waals surface area contributed by atoms with Crippen molar-refractivity contribution in [1.82, 2.24) is 0 Å². The molecule has 0 radical (unpaired) electrons. The second-order valence-electron chi connectivity index (χ2n) is 9.91. The van der Waals surface area contributed by atoms with E-state index >= 15 is 0 Å². The van der Waals surface area contributed by atoms with Gasteiger partial charge in [0.05, 0.1) is 11.9 Å². The van der Waals surface area contributed by atoms with Gasteiger partial charge >= 0.3 is 11.9 Å². The topological polar surface area (TPSA) is 113 Å². The minimum absolute atomic E-state index is 0.00642. The molecule has 3 N–H and O–H groups in total. The van der Waals surface area contributed by atoms with Crippen molar-refractivity contribution in [3.05, 3.63) is 29.3 Å². The van der Waals surface area contributed by atoms with E-state index in [1.807, 2.05) is 18.8 Å². The van der Waals surface area contributed by atoms with Crippen molar-refractivity contribution in [3.8, 4) is 5.75 Å². The third-order valence-corrected chi connectivity index (χ3v) is 8.69. The minimum atomic E-state index is -0.885. The molecule has 0 saturated heterocycles. The van der Waals surface area contributed by atoms with Crippen molar-refractivity contribution in [3.63, 3.8) is 0 Å². The molecule has 0 amide bonds. The molecule has 1 aromatic rings. The van der Waals surface area contributed by atoms with Crippen molar-refractivity contribution in [2.24, 2.45) is 17.8 Å². The number of esters is 1. The number of aliphatic hydroxyl groups is 2. The molecule has 8 heteroatoms. The largest absolute Gasteiger partial charge is 0.482 e. The quantitative estimate of drug-likeness (QED) is 0.331. The molecule has 0 spiro atoms. The summed E-state index contributed by atoms with van der Waals surface area (Å²) in [6, 6.07) is 5.93. The number of carboxylic acids is 1. The van der Waals surface area contributed by atoms with Gasteiger partial charge in [0.1, 0.15) is 11.4 Å². The second kappa shape index (κ2) is 10.3. The first-order valence-corrected chi connectivity index (χ1v) is 13.6. The van der Waals surface area contributed by atoms with E-state index in [9.17, 15) is 19.8 Å². The zero-order valence-corrected chi connectivity index (χ0v) is 20.2. The molecule has 0 bridgehead atoms. The summed E-state index contributed by atoms with van der Waals surface area (Å²) in [7, 11) is 0.506. The first-order valence-electron chi connectivity index (χ1n) is 12.0. The number of carbonyl (C=O) groups is 2. The van der Waals surface area contributed by atoms with E-state index in [-0.39, 0.29) is 30.9 Å². The van der Waals surface area contributed by atoms with Gasteiger partial charge in [-0.15, -0.1) is 0 Å². The first-order chi connectivity index (χ1) is 15.8. The number of carbonyl (C=O) groups excluding carboxylic acids is 1. The van der Waals surface area contributed by atoms with Crippen LogP contribution in [0, 0.1) is 17.8 Å². The number of aliphatic hydroxyl groups excluding tert-OH is 2. The highest BCUT2D eigenvalue weighted by Crippen LogP contribution is 2.49. The fourth-order valence-electron chi connectivity index (χ4n) is 5.72. The molecular weight excluding hydrogens is 443 g/mol. The summed E-state index contributed by atoms with van der Waals surface area (Å²) in [5, 5.41) is 29.6. The maximum atomic E-state index is 12.4. The number of benzene rings is 1. The molecule has 0 aliphatic heterocycles. The highest BCUT2D eigenvalue weighted by Gasteiger charge is 2.47. The van der Waals surface area contributed by atoms with Gasteiger partial charge in [0.25, 0.3) is 0 Å². The number of hydrogen-bond donors (Lipinski definition) is 3. The van der Waals surface area contributed by atoms with Gasteiger partial charge in [-0.3, -0.25) is 4.79 Å². The molecule has 3 aliphatic rings. The van der Waals surface area contributed by atoms with E-state index in [1.54, 1.807) is 0 Å². The number of hydrogen-bond acceptors (Lipinski definition) is 6. The Morgan fingerprint density at radius 2 is 2.06 bits per heavy atom. The van der Waals surface area contributed by atoms with Crippen LogP contribution in [0.2, 0.25) is 0 Å². The Bertz CT molecular complexity index is 868. The summed E-state index contributed by atoms with van der Waals surface area (Å²) in [5.74, 6) is 0.0730. The predicted molar refractivity (Wildman–Crippen MR) is 125 cm³/mol. The smallest absolute Gasteiger partial charge is 0.344 e. The third-order valence-electron chi connectivity index (χ3n) is 7.73. The summed E-state index contributed by atoms with van der Waals surface area (Å²) >= 11 is 0. The molecule has 0 heterocycles. The number of carboxylic acid groups (broad SMARTS) is 1. The third kappa shape index (κ3) is 5.87. The Morgan fingerprint density at radius 3 is 2.76 bits per heavy atom. The number of fused-ring (bicyclic) bond motifs is 2. The van der Waals surface area contributed by atoms with Crippen LogP contribution in [0.1, 0.15) is 56.1 Å². The van der Waals surface area contributed by atoms with Crippen molar-refractivity contribution < 1.29 is 34.4 Å². The monoisotopic (exact) mass is 478 g/mol. The lowest BCUT2D eigenvalue weighted by atomic mass is 9.73. The Balaban J connectivity index is 1.35. The van der Waals surface area contributed by atoms with Gasteiger partial charge in [-0.05, 0) is 93.0 Å². The summed E-state index contributed by atoms with van der Waals surface area (Å²) in [5.41, 5.74) is 1.70. The van der Waals surface area contributed by atoms with Crippen molar-refractivity contribution >= 4 is 20.5 Å². The number of rotatable bonds is 11. The zero-order valence-electron chi connectivity index (χ0n) is 19.2. The molecular formula is C25H35O7P. The lowest BCUT2D eigenvalue weighted by Crippen LogP contribution is -2.28. The summed E-state index contributed by atoms with van der Waals surface area (Å²) in [6.45, 7) is 1.81. The summed E-state index contributed by atoms with van der Waals surface area (Å²) < 4.78 is 11.4. The maximum Gasteiger partial charge on any atom is 0.344 e. The van der Waals surface area contributed by atoms with Crippen molar-refractivity contribution in [1.29, 1.82) is 0 Å². The van der Waals surface area contributed by atoms with Crippen LogP contribution in [-0.2, 0) is 27.2 Å². The molecule has 3 aliphatic carbocycles. The maximum absolute atomic E-state index is 12.4. The zero-order chi connectivity index (χ0) is 23.6. The number of ether oxygens (including phenoxy) is 2. The van der Waals surface area contributed by atoms with E-state index in [0.717, 1.165) is 37.7 Å². The van der Waals surface area contributed by atoms with Crippen molar-refractivity contribution in [2.75, 3.05) is 13.3 Å². The average molecular weight is 479 g/mol. The standard InChI is InChI=1S/C25H35O7P/c1-33-24(30)6-5-17-18-11-15-3-2-4-21(19(15)12-16(18)13-20(17)26)31-14-23(29)32-25(9-10-25)8-7-22(27)28/h2-4,16-18,20,24,26,30,33H,5-14H2,1H3,(H,27,28)/t16-,17+,18-,20+,24-/m0/s1. The van der Waals surface area contributed by atoms with Crippen molar-refractivity contribution in [2.45, 2.75) is 75.3 Å². The molecule has 4 rings (SSSR count). The summed E-state index contributed by atoms with van der Waals surface area (Å²) in [6.07, 6.45) is 5.47. The molecule has 7 nitrogen and oxygen atoms in total. The predicted octanol–water partition coefficient (Wildman–Crippen LogP) is 3.12. The molecule has 2 saturated carbocycles. The fourth-order valence-corrected chi connectivity index (χ4v) is 6.17. The lowest BCUT2D eigenvalue weighted by Gasteiger charge is -2.32. The van der Waals surface area contributed by atoms with E-state index in [4.69, 9.17) is 14.6 Å². The van der Waals surface area contributed by atoms with Crippen LogP contribution in [0.25, 0.3) is 0 Å². The number of aliphatic carboxylic acids is 1. The van der Waals surface area contributed by atoms with Gasteiger partial charge in [0, 0.05) is 6.42 Å². The molecule has 1 aromatic carbocycles. The van der Waals surface area contributed by atoms with Crippen LogP contribution in [0.4, 0.5) is 0 Å². The molecule has 182 valence electrons. The van der Waals surface area contributed by atoms with Gasteiger partial charge < -0.3 is 24.8 Å². The molecule has 1 unspecified atom stereocenters. The van der Waals surface area contributed by atoms with E-state index < -0.39 is 17.5 Å². The molecule has 2 fully saturated rings. The van der Waals surface area contributed by atoms with Gasteiger partial charge in [-0.2, -0.15) is 0 Å². The van der Waals surface area contributed by atoms with Gasteiger partial charge in [0.2, 0.25) is 0 Å². The second-order valence-corrected chi connectivity index (χ2v) is 11.2. The van der Waals surface area contributed by atoms with Crippen LogP contribution in [-0.4, -0.2) is 58.1 Å². The Hall–Kier alpha value is -1.69. The Morgan fingerprint density at radius 1 is 1.27 bits per heavy atom. The van der Waals surface area contributed by atoms with Crippen LogP contribution in [0.5, 0.6) is 5.75 Å². The van der Waals surface area contributed by atoms with Crippen LogP contribution < -0.4 is 4.74 Å². The van der Waals surface area contributed by atoms with Crippen LogP contribution in [0.3, 0.4) is 0 Å². The average Bonchev–Trinajstić information content (AvgIpc) is 3.48. The van der Waals surface area contributed by atoms with Crippen LogP contribution >= 0.6 is 8.58 Å².